The largest absolute Gasteiger partial charge is 0.341 e. The van der Waals surface area contributed by atoms with Crippen LogP contribution in [-0.2, 0) is 4.79 Å². The molecular formula is C16H24ClN3O2. The highest BCUT2D eigenvalue weighted by molar-refractivity contribution is 5.97. The molecule has 122 valence electrons. The second-order valence-electron chi connectivity index (χ2n) is 6.09. The van der Waals surface area contributed by atoms with Crippen LogP contribution >= 0.6 is 12.4 Å². The Bertz CT molecular complexity index is 523. The average molecular weight is 326 g/mol. The van der Waals surface area contributed by atoms with Crippen molar-refractivity contribution in [2.75, 3.05) is 19.6 Å². The van der Waals surface area contributed by atoms with Gasteiger partial charge in [-0.2, -0.15) is 0 Å². The summed E-state index contributed by atoms with van der Waals surface area (Å²) in [6.07, 6.45) is 0.911. The second-order valence-corrected chi connectivity index (χ2v) is 6.09. The van der Waals surface area contributed by atoms with Gasteiger partial charge in [0.25, 0.3) is 5.91 Å². The molecule has 1 aromatic carbocycles. The molecule has 1 heterocycles. The quantitative estimate of drug-likeness (QED) is 0.879. The number of nitrogens with one attached hydrogen (secondary N) is 1. The fourth-order valence-corrected chi connectivity index (χ4v) is 2.58. The van der Waals surface area contributed by atoms with Crippen LogP contribution in [0.15, 0.2) is 30.3 Å². The van der Waals surface area contributed by atoms with Crippen molar-refractivity contribution in [2.24, 2.45) is 11.1 Å². The number of likely N-dealkylation sites (tertiary alicyclic amines) is 1. The van der Waals surface area contributed by atoms with E-state index in [1.54, 1.807) is 36.1 Å². The monoisotopic (exact) mass is 325 g/mol. The lowest BCUT2D eigenvalue weighted by Crippen LogP contribution is -2.47. The Balaban J connectivity index is 0.00000242. The van der Waals surface area contributed by atoms with Gasteiger partial charge < -0.3 is 16.0 Å². The maximum Gasteiger partial charge on any atom is 0.251 e. The third-order valence-corrected chi connectivity index (χ3v) is 4.12. The van der Waals surface area contributed by atoms with Gasteiger partial charge in [0.15, 0.2) is 0 Å². The first kappa shape index (κ1) is 18.5. The van der Waals surface area contributed by atoms with Crippen LogP contribution in [0.4, 0.5) is 0 Å². The van der Waals surface area contributed by atoms with E-state index < -0.39 is 6.04 Å². The Morgan fingerprint density at radius 3 is 2.55 bits per heavy atom. The topological polar surface area (TPSA) is 75.4 Å². The molecule has 2 unspecified atom stereocenters. The van der Waals surface area contributed by atoms with E-state index in [4.69, 9.17) is 5.73 Å². The first-order valence-corrected chi connectivity index (χ1v) is 7.30. The molecule has 0 aliphatic carbocycles. The summed E-state index contributed by atoms with van der Waals surface area (Å²) in [5.74, 6) is -0.270. The number of carbonyl (C=O) groups excluding carboxylic acids is 2. The Morgan fingerprint density at radius 2 is 2.00 bits per heavy atom. The van der Waals surface area contributed by atoms with Crippen molar-refractivity contribution in [1.82, 2.24) is 10.2 Å². The summed E-state index contributed by atoms with van der Waals surface area (Å²) in [5, 5.41) is 2.76. The number of amides is 2. The highest BCUT2D eigenvalue weighted by atomic mass is 35.5. The summed E-state index contributed by atoms with van der Waals surface area (Å²) >= 11 is 0. The van der Waals surface area contributed by atoms with Crippen LogP contribution < -0.4 is 11.1 Å². The van der Waals surface area contributed by atoms with Crippen LogP contribution in [0, 0.1) is 5.41 Å². The van der Waals surface area contributed by atoms with Crippen molar-refractivity contribution in [3.8, 4) is 0 Å². The normalized spacial score (nSPS) is 21.9. The van der Waals surface area contributed by atoms with Gasteiger partial charge in [0.05, 0.1) is 0 Å². The summed E-state index contributed by atoms with van der Waals surface area (Å²) in [7, 11) is 0. The first-order chi connectivity index (χ1) is 9.95. The van der Waals surface area contributed by atoms with Crippen molar-refractivity contribution in [3.05, 3.63) is 35.9 Å². The zero-order chi connectivity index (χ0) is 15.5. The predicted octanol–water partition coefficient (Wildman–Crippen LogP) is 1.42. The third-order valence-electron chi connectivity index (χ3n) is 4.12. The number of hydrogen-bond donors (Lipinski definition) is 2. The number of carbonyl (C=O) groups is 2. The number of halogens is 1. The van der Waals surface area contributed by atoms with Crippen LogP contribution in [0.5, 0.6) is 0 Å². The van der Waals surface area contributed by atoms with Crippen LogP contribution in [0.1, 0.15) is 30.6 Å². The zero-order valence-electron chi connectivity index (χ0n) is 13.0. The summed E-state index contributed by atoms with van der Waals surface area (Å²) in [6.45, 7) is 5.75. The molecule has 2 amide bonds. The summed E-state index contributed by atoms with van der Waals surface area (Å²) in [6, 6.07) is 8.38. The van der Waals surface area contributed by atoms with E-state index in [1.807, 2.05) is 6.07 Å². The molecule has 1 aliphatic rings. The summed E-state index contributed by atoms with van der Waals surface area (Å²) in [5.41, 5.74) is 6.31. The third kappa shape index (κ3) is 4.21. The number of benzene rings is 1. The van der Waals surface area contributed by atoms with Crippen molar-refractivity contribution in [3.63, 3.8) is 0 Å². The lowest BCUT2D eigenvalue weighted by atomic mass is 9.90. The van der Waals surface area contributed by atoms with Gasteiger partial charge in [-0.3, -0.25) is 9.59 Å². The molecule has 1 aliphatic heterocycles. The molecule has 0 radical (unpaired) electrons. The molecule has 5 nitrogen and oxygen atoms in total. The van der Waals surface area contributed by atoms with Gasteiger partial charge in [-0.1, -0.05) is 25.1 Å². The Kier molecular flexibility index (Phi) is 6.38. The smallest absolute Gasteiger partial charge is 0.251 e. The van der Waals surface area contributed by atoms with Crippen LogP contribution in [-0.4, -0.2) is 42.4 Å². The molecule has 3 N–H and O–H groups in total. The van der Waals surface area contributed by atoms with E-state index in [2.05, 4.69) is 12.2 Å². The minimum Gasteiger partial charge on any atom is -0.341 e. The molecule has 22 heavy (non-hydrogen) atoms. The number of rotatable bonds is 4. The molecule has 6 heteroatoms. The molecular weight excluding hydrogens is 302 g/mol. The summed E-state index contributed by atoms with van der Waals surface area (Å²) < 4.78 is 0. The van der Waals surface area contributed by atoms with Crippen LogP contribution in [0.25, 0.3) is 0 Å². The fraction of sp³-hybridized carbons (Fsp3) is 0.500. The van der Waals surface area contributed by atoms with E-state index in [-0.39, 0.29) is 29.6 Å². The van der Waals surface area contributed by atoms with Gasteiger partial charge in [0.2, 0.25) is 5.91 Å². The lowest BCUT2D eigenvalue weighted by Gasteiger charge is -2.25. The zero-order valence-corrected chi connectivity index (χ0v) is 13.9. The molecule has 1 aromatic rings. The molecule has 1 fully saturated rings. The van der Waals surface area contributed by atoms with Crippen molar-refractivity contribution < 1.29 is 9.59 Å². The predicted molar refractivity (Wildman–Crippen MR) is 89.0 cm³/mol. The average Bonchev–Trinajstić information content (AvgIpc) is 2.90. The second kappa shape index (κ2) is 7.61. The van der Waals surface area contributed by atoms with Gasteiger partial charge in [-0.25, -0.2) is 0 Å². The first-order valence-electron chi connectivity index (χ1n) is 7.30. The van der Waals surface area contributed by atoms with Gasteiger partial charge in [-0.05, 0) is 37.4 Å². The number of nitrogens with two attached hydrogens (primary N) is 1. The Labute approximate surface area is 137 Å². The van der Waals surface area contributed by atoms with Gasteiger partial charge in [-0.15, -0.1) is 12.4 Å². The minimum atomic E-state index is -0.530. The molecule has 1 saturated heterocycles. The van der Waals surface area contributed by atoms with Crippen molar-refractivity contribution >= 4 is 24.2 Å². The van der Waals surface area contributed by atoms with Crippen LogP contribution in [0.2, 0.25) is 0 Å². The Morgan fingerprint density at radius 1 is 1.36 bits per heavy atom. The van der Waals surface area contributed by atoms with E-state index in [0.717, 1.165) is 6.42 Å². The highest BCUT2D eigenvalue weighted by Crippen LogP contribution is 2.28. The fourth-order valence-electron chi connectivity index (χ4n) is 2.58. The van der Waals surface area contributed by atoms with E-state index in [1.165, 1.54) is 0 Å². The van der Waals surface area contributed by atoms with Gasteiger partial charge in [0, 0.05) is 18.7 Å². The van der Waals surface area contributed by atoms with E-state index in [0.29, 0.717) is 25.2 Å². The Hall–Kier alpha value is -1.59. The van der Waals surface area contributed by atoms with Crippen molar-refractivity contribution in [1.29, 1.82) is 0 Å². The van der Waals surface area contributed by atoms with Gasteiger partial charge in [0.1, 0.15) is 6.04 Å². The van der Waals surface area contributed by atoms with E-state index in [9.17, 15) is 9.59 Å². The lowest BCUT2D eigenvalue weighted by molar-refractivity contribution is -0.132. The molecule has 0 aromatic heterocycles. The summed E-state index contributed by atoms with van der Waals surface area (Å²) in [4.78, 5) is 26.2. The maximum absolute atomic E-state index is 12.4. The molecule has 0 spiro atoms. The SMILES string of the molecule is CC(NC(=O)c1ccccc1)C(=O)N1CCC(C)(CN)C1.Cl. The molecule has 2 rings (SSSR count). The van der Waals surface area contributed by atoms with Crippen LogP contribution in [0.3, 0.4) is 0 Å². The maximum atomic E-state index is 12.4. The number of hydrogen-bond acceptors (Lipinski definition) is 3. The van der Waals surface area contributed by atoms with Crippen molar-refractivity contribution in [2.45, 2.75) is 26.3 Å². The minimum absolute atomic E-state index is 0. The molecule has 0 saturated carbocycles. The molecule has 0 bridgehead atoms. The highest BCUT2D eigenvalue weighted by Gasteiger charge is 2.36. The molecule has 2 atom stereocenters. The standard InChI is InChI=1S/C16H23N3O2.ClH/c1-12(18-14(20)13-6-4-3-5-7-13)15(21)19-9-8-16(2,10-17)11-19;/h3-7,12H,8-11,17H2,1-2H3,(H,18,20);1H. The number of nitrogens with zero attached hydrogens (tertiary/aromatic N) is 1. The van der Waals surface area contributed by atoms with E-state index >= 15 is 0 Å². The van der Waals surface area contributed by atoms with Gasteiger partial charge >= 0.3 is 0 Å².